The first-order valence-electron chi connectivity index (χ1n) is 15.8. The fourth-order valence-electron chi connectivity index (χ4n) is 5.07. The Morgan fingerprint density at radius 1 is 0.560 bits per heavy atom. The lowest BCUT2D eigenvalue weighted by atomic mass is 10.0. The van der Waals surface area contributed by atoms with Gasteiger partial charge in [-0.05, 0) is 100 Å². The maximum atomic E-state index is 13.0. The van der Waals surface area contributed by atoms with Gasteiger partial charge in [0.2, 0.25) is 12.1 Å². The van der Waals surface area contributed by atoms with Gasteiger partial charge in [-0.1, -0.05) is 47.5 Å². The molecule has 0 heterocycles. The van der Waals surface area contributed by atoms with Gasteiger partial charge in [-0.25, -0.2) is 0 Å². The molecule has 0 saturated heterocycles. The minimum atomic E-state index is -1.36. The number of aryl methyl sites for hydroxylation is 4. The zero-order chi connectivity index (χ0) is 36.5. The number of hydrogen-bond donors (Lipinski definition) is 2. The second-order valence-corrected chi connectivity index (χ2v) is 11.8. The predicted molar refractivity (Wildman–Crippen MR) is 192 cm³/mol. The van der Waals surface area contributed by atoms with E-state index in [4.69, 9.17) is 9.47 Å². The highest BCUT2D eigenvalue weighted by Gasteiger charge is 2.25. The van der Waals surface area contributed by atoms with Crippen molar-refractivity contribution in [2.45, 2.75) is 53.6 Å². The molecule has 2 amide bonds. The zero-order valence-corrected chi connectivity index (χ0v) is 29.3. The van der Waals surface area contributed by atoms with Crippen LogP contribution in [0.25, 0.3) is 11.1 Å². The summed E-state index contributed by atoms with van der Waals surface area (Å²) < 4.78 is 11.1. The number of azo groups is 2. The Labute approximate surface area is 291 Å². The van der Waals surface area contributed by atoms with Crippen molar-refractivity contribution in [2.24, 2.45) is 20.5 Å². The van der Waals surface area contributed by atoms with E-state index in [1.165, 1.54) is 28.1 Å². The van der Waals surface area contributed by atoms with Crippen molar-refractivity contribution >= 4 is 46.1 Å². The molecule has 0 fully saturated rings. The summed E-state index contributed by atoms with van der Waals surface area (Å²) in [6.45, 7) is 10.2. The molecule has 4 rings (SSSR count). The van der Waals surface area contributed by atoms with Crippen LogP contribution in [0.15, 0.2) is 93.3 Å². The monoisotopic (exact) mass is 676 g/mol. The Kier molecular flexibility index (Phi) is 12.1. The summed E-state index contributed by atoms with van der Waals surface area (Å²) in [5.74, 6) is -1.41. The topological polar surface area (TPSA) is 160 Å². The molecule has 0 saturated carbocycles. The molecule has 0 aromatic heterocycles. The summed E-state index contributed by atoms with van der Waals surface area (Å²) in [5, 5.41) is 22.0. The van der Waals surface area contributed by atoms with E-state index in [0.717, 1.165) is 33.4 Å². The Balaban J connectivity index is 1.53. The van der Waals surface area contributed by atoms with Gasteiger partial charge in [-0.3, -0.25) is 19.2 Å². The van der Waals surface area contributed by atoms with Crippen LogP contribution in [-0.4, -0.2) is 49.7 Å². The quantitative estimate of drug-likeness (QED) is 0.108. The fourth-order valence-corrected chi connectivity index (χ4v) is 5.07. The number of carbonyl (C=O) groups excluding carboxylic acids is 4. The largest absolute Gasteiger partial charge is 0.494 e. The van der Waals surface area contributed by atoms with E-state index in [2.05, 4.69) is 31.1 Å². The van der Waals surface area contributed by atoms with Gasteiger partial charge in [0.25, 0.3) is 11.8 Å². The van der Waals surface area contributed by atoms with Crippen LogP contribution in [0.2, 0.25) is 0 Å². The Morgan fingerprint density at radius 2 is 0.940 bits per heavy atom. The third-order valence-corrected chi connectivity index (χ3v) is 7.80. The van der Waals surface area contributed by atoms with Crippen LogP contribution < -0.4 is 20.1 Å². The number of carbonyl (C=O) groups is 4. The van der Waals surface area contributed by atoms with Crippen molar-refractivity contribution in [1.82, 2.24) is 0 Å². The van der Waals surface area contributed by atoms with Crippen LogP contribution in [0, 0.1) is 27.7 Å². The van der Waals surface area contributed by atoms with Crippen molar-refractivity contribution in [2.75, 3.05) is 24.9 Å². The third-order valence-electron chi connectivity index (χ3n) is 7.80. The first-order chi connectivity index (χ1) is 23.8. The SMILES string of the molecule is COc1cc(-c2ccc(N=NC(C(C)=O)C(=O)Nc3ccc(C)cc3C)c(OC)c2)ccc1N=NC(C(C)=O)C(=O)Nc1ccc(C)cc1C. The number of amides is 2. The normalized spacial score (nSPS) is 12.4. The molecule has 50 heavy (non-hydrogen) atoms. The highest BCUT2D eigenvalue weighted by atomic mass is 16.5. The molecule has 0 aliphatic rings. The van der Waals surface area contributed by atoms with Crippen LogP contribution in [0.3, 0.4) is 0 Å². The molecule has 258 valence electrons. The smallest absolute Gasteiger partial charge is 0.258 e. The molecule has 12 nitrogen and oxygen atoms in total. The molecular formula is C38H40N6O6. The third kappa shape index (κ3) is 9.10. The van der Waals surface area contributed by atoms with Gasteiger partial charge in [-0.15, -0.1) is 0 Å². The maximum absolute atomic E-state index is 13.0. The van der Waals surface area contributed by atoms with Crippen LogP contribution in [0.4, 0.5) is 22.7 Å². The summed E-state index contributed by atoms with van der Waals surface area (Å²) in [6, 6.07) is 18.7. The van der Waals surface area contributed by atoms with Crippen molar-refractivity contribution in [3.8, 4) is 22.6 Å². The summed E-state index contributed by atoms with van der Waals surface area (Å²) in [4.78, 5) is 50.6. The van der Waals surface area contributed by atoms with Crippen LogP contribution in [0.5, 0.6) is 11.5 Å². The van der Waals surface area contributed by atoms with Gasteiger partial charge in [-0.2, -0.15) is 20.5 Å². The molecule has 0 spiro atoms. The number of methoxy groups -OCH3 is 2. The van der Waals surface area contributed by atoms with Crippen molar-refractivity contribution in [1.29, 1.82) is 0 Å². The van der Waals surface area contributed by atoms with Gasteiger partial charge < -0.3 is 20.1 Å². The van der Waals surface area contributed by atoms with Gasteiger partial charge in [0, 0.05) is 11.4 Å². The molecule has 12 heteroatoms. The standard InChI is InChI=1S/C38H40N6O6/c1-21-9-13-29(23(3)17-21)39-37(47)35(25(5)45)43-41-31-15-11-27(19-33(31)49-7)28-12-16-32(34(20-28)50-8)42-44-36(26(6)46)38(48)40-30-14-10-22(2)18-24(30)4/h9-20,35-36H,1-8H3,(H,39,47)(H,40,48). The van der Waals surface area contributed by atoms with Gasteiger partial charge in [0.15, 0.2) is 11.6 Å². The number of benzene rings is 4. The second-order valence-electron chi connectivity index (χ2n) is 11.8. The van der Waals surface area contributed by atoms with Crippen LogP contribution in [0.1, 0.15) is 36.1 Å². The number of ketones is 2. The first kappa shape index (κ1) is 36.8. The van der Waals surface area contributed by atoms with E-state index in [1.54, 1.807) is 48.5 Å². The Morgan fingerprint density at radius 3 is 1.26 bits per heavy atom. The number of rotatable bonds is 13. The van der Waals surface area contributed by atoms with Gasteiger partial charge in [0.1, 0.15) is 22.9 Å². The number of ether oxygens (including phenoxy) is 2. The molecule has 2 N–H and O–H groups in total. The van der Waals surface area contributed by atoms with Gasteiger partial charge >= 0.3 is 0 Å². The number of Topliss-reactive ketones (excluding diaryl/α,β-unsaturated/α-hetero) is 2. The van der Waals surface area contributed by atoms with E-state index < -0.39 is 35.5 Å². The molecule has 0 radical (unpaired) electrons. The predicted octanol–water partition coefficient (Wildman–Crippen LogP) is 7.96. The number of nitrogens with zero attached hydrogens (tertiary/aromatic N) is 4. The van der Waals surface area contributed by atoms with E-state index >= 15 is 0 Å². The van der Waals surface area contributed by atoms with Crippen molar-refractivity contribution < 1.29 is 28.7 Å². The molecule has 2 atom stereocenters. The van der Waals surface area contributed by atoms with Crippen LogP contribution >= 0.6 is 0 Å². The number of hydrogen-bond acceptors (Lipinski definition) is 10. The molecule has 0 aliphatic heterocycles. The van der Waals surface area contributed by atoms with E-state index in [-0.39, 0.29) is 0 Å². The molecule has 4 aromatic rings. The summed E-state index contributed by atoms with van der Waals surface area (Å²) >= 11 is 0. The average molecular weight is 677 g/mol. The lowest BCUT2D eigenvalue weighted by molar-refractivity contribution is -0.127. The fraction of sp³-hybridized carbons (Fsp3) is 0.263. The summed E-state index contributed by atoms with van der Waals surface area (Å²) in [5.41, 5.74) is 7.08. The molecule has 2 unspecified atom stereocenters. The summed E-state index contributed by atoms with van der Waals surface area (Å²) in [6.07, 6.45) is 0. The van der Waals surface area contributed by atoms with Crippen molar-refractivity contribution in [3.63, 3.8) is 0 Å². The molecule has 0 bridgehead atoms. The van der Waals surface area contributed by atoms with E-state index in [9.17, 15) is 19.2 Å². The zero-order valence-electron chi connectivity index (χ0n) is 29.3. The molecular weight excluding hydrogens is 636 g/mol. The number of nitrogens with one attached hydrogen (secondary N) is 2. The minimum absolute atomic E-state index is 0.314. The minimum Gasteiger partial charge on any atom is -0.494 e. The first-order valence-corrected chi connectivity index (χ1v) is 15.8. The van der Waals surface area contributed by atoms with E-state index in [1.807, 2.05) is 52.0 Å². The number of anilines is 2. The van der Waals surface area contributed by atoms with Crippen molar-refractivity contribution in [3.05, 3.63) is 95.1 Å². The second kappa shape index (κ2) is 16.4. The Hall–Kier alpha value is -6.04. The van der Waals surface area contributed by atoms with Gasteiger partial charge in [0.05, 0.1) is 14.2 Å². The van der Waals surface area contributed by atoms with E-state index in [0.29, 0.717) is 34.2 Å². The average Bonchev–Trinajstić information content (AvgIpc) is 3.07. The lowest BCUT2D eigenvalue weighted by Crippen LogP contribution is -2.32. The maximum Gasteiger partial charge on any atom is 0.258 e. The molecule has 4 aromatic carbocycles. The Bertz CT molecular complexity index is 1860. The lowest BCUT2D eigenvalue weighted by Gasteiger charge is -2.13. The highest BCUT2D eigenvalue weighted by Crippen LogP contribution is 2.37. The van der Waals surface area contributed by atoms with Crippen LogP contribution in [-0.2, 0) is 19.2 Å². The molecule has 0 aliphatic carbocycles. The summed E-state index contributed by atoms with van der Waals surface area (Å²) in [7, 11) is 2.94. The highest BCUT2D eigenvalue weighted by molar-refractivity contribution is 6.11.